The average Bonchev–Trinajstić information content (AvgIpc) is 3.08. The normalized spacial score (nSPS) is 16.4. The number of carboxylic acid groups (broad SMARTS) is 1. The summed E-state index contributed by atoms with van der Waals surface area (Å²) in [6.07, 6.45) is 15.4. The maximum atomic E-state index is 13.8. The Morgan fingerprint density at radius 3 is 2.37 bits per heavy atom. The van der Waals surface area contributed by atoms with E-state index >= 15 is 0 Å². The molecule has 0 saturated carbocycles. The molecular weight excluding hydrogens is 603 g/mol. The lowest BCUT2D eigenvalue weighted by Gasteiger charge is -2.31. The number of likely N-dealkylation sites (tertiary alicyclic amines) is 1. The summed E-state index contributed by atoms with van der Waals surface area (Å²) in [5.74, 6) is 0.663. The fourth-order valence-electron chi connectivity index (χ4n) is 5.30. The molecule has 6 nitrogen and oxygen atoms in total. The van der Waals surface area contributed by atoms with Crippen molar-refractivity contribution in [3.8, 4) is 18.7 Å². The van der Waals surface area contributed by atoms with Gasteiger partial charge in [-0.1, -0.05) is 50.1 Å². The van der Waals surface area contributed by atoms with Crippen LogP contribution in [0.5, 0.6) is 5.88 Å². The number of piperidine rings is 1. The van der Waals surface area contributed by atoms with Gasteiger partial charge in [-0.3, -0.25) is 0 Å². The third kappa shape index (κ3) is 13.5. The van der Waals surface area contributed by atoms with Crippen molar-refractivity contribution in [1.82, 2.24) is 9.88 Å². The summed E-state index contributed by atoms with van der Waals surface area (Å²) in [5, 5.41) is 8.99. The molecule has 250 valence electrons. The van der Waals surface area contributed by atoms with Crippen LogP contribution in [0.3, 0.4) is 0 Å². The minimum atomic E-state index is -0.867. The molecule has 1 unspecified atom stereocenters. The van der Waals surface area contributed by atoms with Gasteiger partial charge in [-0.25, -0.2) is 14.2 Å². The lowest BCUT2D eigenvalue weighted by atomic mass is 9.93. The van der Waals surface area contributed by atoms with E-state index in [1.165, 1.54) is 38.3 Å². The van der Waals surface area contributed by atoms with Gasteiger partial charge in [0.25, 0.3) is 0 Å². The first-order valence-corrected chi connectivity index (χ1v) is 16.6. The largest absolute Gasteiger partial charge is 0.478 e. The van der Waals surface area contributed by atoms with Gasteiger partial charge in [0.1, 0.15) is 12.4 Å². The number of halogens is 2. The molecule has 0 radical (unpaired) electrons. The van der Waals surface area contributed by atoms with E-state index in [0.29, 0.717) is 27.9 Å². The number of ether oxygens (including phenoxy) is 2. The number of nitrogens with zero attached hydrogens (tertiary/aromatic N) is 2. The average molecular weight is 653 g/mol. The van der Waals surface area contributed by atoms with E-state index in [4.69, 9.17) is 26.2 Å². The minimum Gasteiger partial charge on any atom is -0.478 e. The summed E-state index contributed by atoms with van der Waals surface area (Å²) in [6.45, 7) is 13.9. The molecule has 2 saturated heterocycles. The zero-order valence-corrected chi connectivity index (χ0v) is 28.6. The first-order chi connectivity index (χ1) is 22.2. The minimum absolute atomic E-state index is 0.147. The quantitative estimate of drug-likeness (QED) is 0.245. The summed E-state index contributed by atoms with van der Waals surface area (Å²) in [5.41, 5.74) is 4.04. The highest BCUT2D eigenvalue weighted by Gasteiger charge is 2.21. The van der Waals surface area contributed by atoms with Crippen molar-refractivity contribution in [2.75, 3.05) is 32.8 Å². The summed E-state index contributed by atoms with van der Waals surface area (Å²) in [4.78, 5) is 17.6. The van der Waals surface area contributed by atoms with Crippen LogP contribution in [-0.2, 0) is 11.3 Å². The van der Waals surface area contributed by atoms with Crippen molar-refractivity contribution in [3.05, 3.63) is 93.4 Å². The van der Waals surface area contributed by atoms with Crippen LogP contribution in [-0.4, -0.2) is 53.8 Å². The van der Waals surface area contributed by atoms with Gasteiger partial charge in [-0.15, -0.1) is 12.8 Å². The number of hydrogen-bond donors (Lipinski definition) is 1. The smallest absolute Gasteiger partial charge is 0.335 e. The van der Waals surface area contributed by atoms with Gasteiger partial charge in [0, 0.05) is 41.5 Å². The number of aromatic nitrogens is 1. The molecule has 0 amide bonds. The van der Waals surface area contributed by atoms with Crippen molar-refractivity contribution >= 4 is 17.6 Å². The molecule has 1 atom stereocenters. The second-order valence-corrected chi connectivity index (χ2v) is 12.1. The SMILES string of the molecule is C#C.CCC1CCCOC1.CCCN1CCC(c2cccc(OCc3ccc(Cl)cc3F)n2)CC1.Cc1ccc(C(=O)O)cc1C. The van der Waals surface area contributed by atoms with Crippen LogP contribution in [0.25, 0.3) is 0 Å². The van der Waals surface area contributed by atoms with Gasteiger partial charge >= 0.3 is 5.97 Å². The molecule has 2 aliphatic heterocycles. The van der Waals surface area contributed by atoms with Crippen LogP contribution in [0, 0.1) is 38.4 Å². The molecule has 2 aromatic carbocycles. The van der Waals surface area contributed by atoms with Crippen LogP contribution in [0.1, 0.15) is 91.0 Å². The lowest BCUT2D eigenvalue weighted by molar-refractivity contribution is 0.0535. The van der Waals surface area contributed by atoms with Crippen molar-refractivity contribution in [1.29, 1.82) is 0 Å². The van der Waals surface area contributed by atoms with Crippen LogP contribution in [0.15, 0.2) is 54.6 Å². The van der Waals surface area contributed by atoms with Gasteiger partial charge in [-0.05, 0) is 113 Å². The number of rotatable bonds is 8. The molecule has 0 aliphatic carbocycles. The second-order valence-electron chi connectivity index (χ2n) is 11.6. The van der Waals surface area contributed by atoms with E-state index in [1.807, 2.05) is 32.0 Å². The zero-order valence-electron chi connectivity index (χ0n) is 27.8. The topological polar surface area (TPSA) is 71.9 Å². The number of aromatic carboxylic acids is 1. The monoisotopic (exact) mass is 652 g/mol. The maximum absolute atomic E-state index is 13.8. The van der Waals surface area contributed by atoms with Gasteiger partial charge in [-0.2, -0.15) is 0 Å². The van der Waals surface area contributed by atoms with E-state index in [1.54, 1.807) is 24.3 Å². The van der Waals surface area contributed by atoms with Crippen LogP contribution < -0.4 is 4.74 Å². The Hall–Kier alpha value is -3.44. The highest BCUT2D eigenvalue weighted by Crippen LogP contribution is 2.28. The van der Waals surface area contributed by atoms with Crippen molar-refractivity contribution in [3.63, 3.8) is 0 Å². The first-order valence-electron chi connectivity index (χ1n) is 16.2. The molecule has 2 aliphatic rings. The number of hydrogen-bond acceptors (Lipinski definition) is 5. The Morgan fingerprint density at radius 2 is 1.80 bits per heavy atom. The maximum Gasteiger partial charge on any atom is 0.335 e. The lowest BCUT2D eigenvalue weighted by Crippen LogP contribution is -2.33. The molecule has 0 spiro atoms. The molecule has 3 heterocycles. The van der Waals surface area contributed by atoms with Gasteiger partial charge < -0.3 is 19.5 Å². The van der Waals surface area contributed by atoms with E-state index < -0.39 is 5.97 Å². The van der Waals surface area contributed by atoms with Crippen LogP contribution in [0.2, 0.25) is 5.02 Å². The Bertz CT molecular complexity index is 1350. The molecule has 0 bridgehead atoms. The standard InChI is InChI=1S/C20H24ClFN2O.C9H10O2.C7H14O.C2H2/c1-2-10-24-11-8-15(9-12-24)19-4-3-5-20(23-19)25-14-16-6-7-17(21)13-18(16)22;1-6-3-4-8(9(10)11)5-7(6)2;1-2-7-4-3-5-8-6-7;1-2/h3-7,13,15H,2,8-12,14H2,1H3;3-5H,1-2H3,(H,10,11);7H,2-6H2,1H3;1-2H. The van der Waals surface area contributed by atoms with Crippen molar-refractivity contribution < 1.29 is 23.8 Å². The van der Waals surface area contributed by atoms with Gasteiger partial charge in [0.05, 0.1) is 5.56 Å². The van der Waals surface area contributed by atoms with Crippen LogP contribution >= 0.6 is 11.6 Å². The number of aryl methyl sites for hydroxylation is 2. The van der Waals surface area contributed by atoms with E-state index in [-0.39, 0.29) is 12.4 Å². The van der Waals surface area contributed by atoms with Crippen molar-refractivity contribution in [2.24, 2.45) is 5.92 Å². The molecule has 2 fully saturated rings. The summed E-state index contributed by atoms with van der Waals surface area (Å²) in [7, 11) is 0. The molecule has 8 heteroatoms. The Labute approximate surface area is 280 Å². The second kappa shape index (κ2) is 21.4. The van der Waals surface area contributed by atoms with E-state index in [9.17, 15) is 9.18 Å². The Balaban J connectivity index is 0.000000287. The van der Waals surface area contributed by atoms with Gasteiger partial charge in [0.2, 0.25) is 5.88 Å². The summed E-state index contributed by atoms with van der Waals surface area (Å²) >= 11 is 5.77. The number of carbonyl (C=O) groups is 1. The fraction of sp³-hybridized carbons (Fsp3) is 0.474. The van der Waals surface area contributed by atoms with E-state index in [0.717, 1.165) is 61.9 Å². The Morgan fingerprint density at radius 1 is 1.07 bits per heavy atom. The van der Waals surface area contributed by atoms with Crippen molar-refractivity contribution in [2.45, 2.75) is 78.7 Å². The third-order valence-electron chi connectivity index (χ3n) is 8.27. The highest BCUT2D eigenvalue weighted by molar-refractivity contribution is 6.30. The highest BCUT2D eigenvalue weighted by atomic mass is 35.5. The molecule has 5 rings (SSSR count). The predicted molar refractivity (Wildman–Crippen MR) is 185 cm³/mol. The fourth-order valence-corrected chi connectivity index (χ4v) is 5.46. The van der Waals surface area contributed by atoms with E-state index in [2.05, 4.69) is 42.6 Å². The summed E-state index contributed by atoms with van der Waals surface area (Å²) < 4.78 is 24.8. The van der Waals surface area contributed by atoms with Crippen LogP contribution in [0.4, 0.5) is 4.39 Å². The summed E-state index contributed by atoms with van der Waals surface area (Å²) in [6, 6.07) is 15.6. The Kier molecular flexibility index (Phi) is 18.0. The third-order valence-corrected chi connectivity index (χ3v) is 8.50. The molecular formula is C38H50ClFN2O4. The molecule has 3 aromatic rings. The molecule has 1 aromatic heterocycles. The number of benzene rings is 2. The first kappa shape index (κ1) is 38.7. The number of terminal acetylenes is 1. The molecule has 46 heavy (non-hydrogen) atoms. The number of pyridine rings is 1. The number of carboxylic acids is 1. The van der Waals surface area contributed by atoms with Gasteiger partial charge in [0.15, 0.2) is 0 Å². The molecule has 1 N–H and O–H groups in total. The zero-order chi connectivity index (χ0) is 33.9. The predicted octanol–water partition coefficient (Wildman–Crippen LogP) is 9.12.